The molecule has 1 aromatic carbocycles. The molecule has 1 aliphatic carbocycles. The van der Waals surface area contributed by atoms with Crippen LogP contribution in [0.3, 0.4) is 0 Å². The molecule has 0 spiro atoms. The third-order valence-electron chi connectivity index (χ3n) is 6.69. The fourth-order valence-electron chi connectivity index (χ4n) is 5.27. The molecule has 1 aromatic heterocycles. The molecule has 2 fully saturated rings. The van der Waals surface area contributed by atoms with Gasteiger partial charge in [0.25, 0.3) is 5.91 Å². The van der Waals surface area contributed by atoms with Crippen molar-refractivity contribution in [2.75, 3.05) is 20.2 Å². The number of ether oxygens (including phenoxy) is 1. The lowest BCUT2D eigenvalue weighted by Gasteiger charge is -2.33. The molecule has 0 radical (unpaired) electrons. The molecule has 2 aromatic rings. The number of nitrogens with zero attached hydrogens (tertiary/aromatic N) is 1. The SMILES string of the molecule is COc1cccc([C@H]2CN(C(=O)c3cc4c(s3)CCCC4)[C@@H]3CCCN[C@H]23)c1. The molecule has 28 heavy (non-hydrogen) atoms. The highest BCUT2D eigenvalue weighted by atomic mass is 32.1. The van der Waals surface area contributed by atoms with E-state index in [4.69, 9.17) is 4.74 Å². The van der Waals surface area contributed by atoms with Crippen molar-refractivity contribution in [3.8, 4) is 5.75 Å². The van der Waals surface area contributed by atoms with Crippen LogP contribution in [0.1, 0.15) is 57.3 Å². The van der Waals surface area contributed by atoms with Crippen molar-refractivity contribution in [1.82, 2.24) is 10.2 Å². The lowest BCUT2D eigenvalue weighted by atomic mass is 9.87. The lowest BCUT2D eigenvalue weighted by molar-refractivity contribution is 0.0710. The Balaban J connectivity index is 1.44. The summed E-state index contributed by atoms with van der Waals surface area (Å²) in [5, 5.41) is 3.72. The van der Waals surface area contributed by atoms with Gasteiger partial charge in [0.15, 0.2) is 0 Å². The van der Waals surface area contributed by atoms with Gasteiger partial charge in [-0.3, -0.25) is 4.79 Å². The number of piperidine rings is 1. The molecule has 0 saturated carbocycles. The van der Waals surface area contributed by atoms with Crippen LogP contribution in [-0.2, 0) is 12.8 Å². The van der Waals surface area contributed by atoms with E-state index in [0.29, 0.717) is 12.0 Å². The molecule has 2 aliphatic heterocycles. The van der Waals surface area contributed by atoms with Crippen molar-refractivity contribution in [2.45, 2.75) is 56.5 Å². The fraction of sp³-hybridized carbons (Fsp3) is 0.522. The highest BCUT2D eigenvalue weighted by Gasteiger charge is 2.45. The van der Waals surface area contributed by atoms with Crippen LogP contribution in [0.2, 0.25) is 0 Å². The monoisotopic (exact) mass is 396 g/mol. The van der Waals surface area contributed by atoms with Gasteiger partial charge in [0.05, 0.1) is 12.0 Å². The third kappa shape index (κ3) is 3.15. The van der Waals surface area contributed by atoms with E-state index in [1.165, 1.54) is 28.8 Å². The van der Waals surface area contributed by atoms with Crippen molar-refractivity contribution in [3.63, 3.8) is 0 Å². The number of hydrogen-bond donors (Lipinski definition) is 1. The minimum Gasteiger partial charge on any atom is -0.497 e. The highest BCUT2D eigenvalue weighted by molar-refractivity contribution is 7.14. The Bertz CT molecular complexity index is 854. The van der Waals surface area contributed by atoms with Crippen LogP contribution >= 0.6 is 11.3 Å². The Hall–Kier alpha value is -1.85. The predicted molar refractivity (Wildman–Crippen MR) is 113 cm³/mol. The van der Waals surface area contributed by atoms with Crippen LogP contribution in [0.5, 0.6) is 5.75 Å². The Morgan fingerprint density at radius 2 is 2.11 bits per heavy atom. The third-order valence-corrected chi connectivity index (χ3v) is 7.91. The molecule has 5 heteroatoms. The maximum absolute atomic E-state index is 13.5. The summed E-state index contributed by atoms with van der Waals surface area (Å²) >= 11 is 1.74. The van der Waals surface area contributed by atoms with Crippen molar-refractivity contribution in [3.05, 3.63) is 51.2 Å². The molecule has 1 N–H and O–H groups in total. The van der Waals surface area contributed by atoms with Crippen LogP contribution in [0.4, 0.5) is 0 Å². The molecule has 5 rings (SSSR count). The summed E-state index contributed by atoms with van der Waals surface area (Å²) in [4.78, 5) is 18.1. The molecule has 1 amide bonds. The van der Waals surface area contributed by atoms with Crippen LogP contribution in [0.25, 0.3) is 0 Å². The number of likely N-dealkylation sites (tertiary alicyclic amines) is 1. The molecule has 3 aliphatic rings. The molecular formula is C23H28N2O2S. The van der Waals surface area contributed by atoms with Crippen molar-refractivity contribution in [1.29, 1.82) is 0 Å². The van der Waals surface area contributed by atoms with E-state index >= 15 is 0 Å². The van der Waals surface area contributed by atoms with Gasteiger partial charge in [-0.2, -0.15) is 0 Å². The van der Waals surface area contributed by atoms with E-state index in [1.54, 1.807) is 18.4 Å². The molecule has 0 bridgehead atoms. The Morgan fingerprint density at radius 3 is 2.96 bits per heavy atom. The van der Waals surface area contributed by atoms with Gasteiger partial charge < -0.3 is 15.0 Å². The maximum atomic E-state index is 13.5. The number of aryl methyl sites for hydroxylation is 2. The number of benzene rings is 1. The minimum absolute atomic E-state index is 0.239. The second kappa shape index (κ2) is 7.53. The fourth-order valence-corrected chi connectivity index (χ4v) is 6.48. The highest BCUT2D eigenvalue weighted by Crippen LogP contribution is 2.39. The van der Waals surface area contributed by atoms with Gasteiger partial charge >= 0.3 is 0 Å². The summed E-state index contributed by atoms with van der Waals surface area (Å²) in [5.74, 6) is 1.45. The molecular weight excluding hydrogens is 368 g/mol. The summed E-state index contributed by atoms with van der Waals surface area (Å²) in [6.45, 7) is 1.83. The topological polar surface area (TPSA) is 41.6 Å². The molecule has 4 nitrogen and oxygen atoms in total. The lowest BCUT2D eigenvalue weighted by Crippen LogP contribution is -2.49. The van der Waals surface area contributed by atoms with E-state index in [0.717, 1.165) is 49.4 Å². The van der Waals surface area contributed by atoms with E-state index in [9.17, 15) is 4.79 Å². The van der Waals surface area contributed by atoms with Gasteiger partial charge in [0.2, 0.25) is 0 Å². The molecule has 0 unspecified atom stereocenters. The average molecular weight is 397 g/mol. The smallest absolute Gasteiger partial charge is 0.264 e. The summed E-state index contributed by atoms with van der Waals surface area (Å²) in [7, 11) is 1.71. The van der Waals surface area contributed by atoms with Gasteiger partial charge in [-0.05, 0) is 74.4 Å². The Morgan fingerprint density at radius 1 is 1.21 bits per heavy atom. The van der Waals surface area contributed by atoms with E-state index in [-0.39, 0.29) is 11.9 Å². The maximum Gasteiger partial charge on any atom is 0.264 e. The number of rotatable bonds is 3. The van der Waals surface area contributed by atoms with Crippen LogP contribution in [-0.4, -0.2) is 43.1 Å². The van der Waals surface area contributed by atoms with Gasteiger partial charge in [0.1, 0.15) is 5.75 Å². The predicted octanol–water partition coefficient (Wildman–Crippen LogP) is 4.00. The van der Waals surface area contributed by atoms with E-state index < -0.39 is 0 Å². The Labute approximate surface area is 170 Å². The zero-order chi connectivity index (χ0) is 19.1. The number of thiophene rings is 1. The molecule has 148 valence electrons. The molecule has 3 heterocycles. The summed E-state index contributed by atoms with van der Waals surface area (Å²) < 4.78 is 5.44. The second-order valence-corrected chi connectivity index (χ2v) is 9.43. The first kappa shape index (κ1) is 18.2. The zero-order valence-electron chi connectivity index (χ0n) is 16.4. The molecule has 2 saturated heterocycles. The molecule has 3 atom stereocenters. The van der Waals surface area contributed by atoms with Gasteiger partial charge in [-0.15, -0.1) is 11.3 Å². The van der Waals surface area contributed by atoms with E-state index in [2.05, 4.69) is 34.5 Å². The van der Waals surface area contributed by atoms with Gasteiger partial charge in [-0.1, -0.05) is 12.1 Å². The summed E-state index contributed by atoms with van der Waals surface area (Å²) in [6, 6.07) is 11.2. The number of carbonyl (C=O) groups is 1. The second-order valence-electron chi connectivity index (χ2n) is 8.30. The van der Waals surface area contributed by atoms with Crippen LogP contribution in [0, 0.1) is 0 Å². The average Bonchev–Trinajstić information content (AvgIpc) is 3.35. The van der Waals surface area contributed by atoms with Gasteiger partial charge in [-0.25, -0.2) is 0 Å². The normalized spacial score (nSPS) is 26.6. The quantitative estimate of drug-likeness (QED) is 0.853. The first-order valence-corrected chi connectivity index (χ1v) is 11.4. The number of hydrogen-bond acceptors (Lipinski definition) is 4. The minimum atomic E-state index is 0.239. The largest absolute Gasteiger partial charge is 0.497 e. The van der Waals surface area contributed by atoms with E-state index in [1.807, 2.05) is 6.07 Å². The van der Waals surface area contributed by atoms with Gasteiger partial charge in [0, 0.05) is 29.4 Å². The van der Waals surface area contributed by atoms with Crippen molar-refractivity contribution in [2.24, 2.45) is 0 Å². The number of methoxy groups -OCH3 is 1. The van der Waals surface area contributed by atoms with Crippen molar-refractivity contribution >= 4 is 17.2 Å². The number of carbonyl (C=O) groups excluding carboxylic acids is 1. The number of fused-ring (bicyclic) bond motifs is 2. The van der Waals surface area contributed by atoms with Crippen LogP contribution in [0.15, 0.2) is 30.3 Å². The van der Waals surface area contributed by atoms with Crippen molar-refractivity contribution < 1.29 is 9.53 Å². The first-order valence-electron chi connectivity index (χ1n) is 10.5. The summed E-state index contributed by atoms with van der Waals surface area (Å²) in [6.07, 6.45) is 7.03. The number of nitrogens with one attached hydrogen (secondary N) is 1. The van der Waals surface area contributed by atoms with Crippen LogP contribution < -0.4 is 10.1 Å². The first-order chi connectivity index (χ1) is 13.7. The summed E-state index contributed by atoms with van der Waals surface area (Å²) in [5.41, 5.74) is 2.69. The standard InChI is InChI=1S/C23H28N2O2S/c1-27-17-8-4-7-15(12-17)18-14-25(19-9-5-11-24-22(18)19)23(26)21-13-16-6-2-3-10-20(16)28-21/h4,7-8,12-13,18-19,22,24H,2-3,5-6,9-11,14H2,1H3/t18-,19-,22-/m1/s1. The zero-order valence-corrected chi connectivity index (χ0v) is 17.3. The number of amides is 1. The Kier molecular flexibility index (Phi) is 4.89.